The minimum absolute atomic E-state index is 0.0370. The molecule has 12 heteroatoms. The van der Waals surface area contributed by atoms with E-state index in [4.69, 9.17) is 22.3 Å². The molecule has 10 N–H and O–H groups in total. The lowest BCUT2D eigenvalue weighted by Crippen LogP contribution is -2.57. The van der Waals surface area contributed by atoms with Crippen molar-refractivity contribution in [3.05, 3.63) is 0 Å². The van der Waals surface area contributed by atoms with Gasteiger partial charge in [0, 0.05) is 6.42 Å². The molecule has 0 aliphatic carbocycles. The Bertz CT molecular complexity index is 629. The predicted molar refractivity (Wildman–Crippen MR) is 113 cm³/mol. The molecule has 0 fully saturated rings. The summed E-state index contributed by atoms with van der Waals surface area (Å²) in [4.78, 5) is 59.2. The molecule has 0 rings (SSSR count). The number of unbranched alkanes of at least 4 members (excludes halogenated alkanes) is 1. The van der Waals surface area contributed by atoms with Gasteiger partial charge < -0.3 is 38.3 Å². The van der Waals surface area contributed by atoms with Crippen LogP contribution in [0, 0.1) is 5.92 Å². The Hall–Kier alpha value is -2.73. The number of hydrogen-bond acceptors (Lipinski definition) is 7. The van der Waals surface area contributed by atoms with Crippen LogP contribution in [0.25, 0.3) is 0 Å². The molecule has 0 spiro atoms. The number of rotatable bonds is 16. The summed E-state index contributed by atoms with van der Waals surface area (Å²) in [6.45, 7) is 3.42. The van der Waals surface area contributed by atoms with E-state index < -0.39 is 54.3 Å². The minimum Gasteiger partial charge on any atom is -0.480 e. The Balaban J connectivity index is 5.26. The summed E-state index contributed by atoms with van der Waals surface area (Å²) in [5.74, 6) is -3.92. The highest BCUT2D eigenvalue weighted by Gasteiger charge is 2.31. The number of nitrogens with two attached hydrogens (primary N) is 3. The number of carboxylic acids is 1. The molecule has 178 valence electrons. The third-order valence-electron chi connectivity index (χ3n) is 4.83. The van der Waals surface area contributed by atoms with Crippen LogP contribution in [0.2, 0.25) is 0 Å². The third-order valence-corrected chi connectivity index (χ3v) is 4.83. The summed E-state index contributed by atoms with van der Waals surface area (Å²) in [5, 5.41) is 16.2. The Morgan fingerprint density at radius 1 is 0.968 bits per heavy atom. The molecule has 31 heavy (non-hydrogen) atoms. The molecule has 4 unspecified atom stereocenters. The topological polar surface area (TPSA) is 220 Å². The fraction of sp³-hybridized carbons (Fsp3) is 0.737. The lowest BCUT2D eigenvalue weighted by molar-refractivity contribution is -0.138. The van der Waals surface area contributed by atoms with Crippen molar-refractivity contribution in [1.82, 2.24) is 16.0 Å². The quantitative estimate of drug-likeness (QED) is 0.131. The summed E-state index contributed by atoms with van der Waals surface area (Å²) in [6, 6.07) is -2.97. The van der Waals surface area contributed by atoms with Gasteiger partial charge in [-0.1, -0.05) is 20.3 Å². The summed E-state index contributed by atoms with van der Waals surface area (Å²) in [5.41, 5.74) is 16.3. The Morgan fingerprint density at radius 3 is 2.13 bits per heavy atom. The van der Waals surface area contributed by atoms with Crippen molar-refractivity contribution in [2.75, 3.05) is 13.1 Å². The van der Waals surface area contributed by atoms with Gasteiger partial charge in [-0.15, -0.1) is 0 Å². The van der Waals surface area contributed by atoms with Crippen molar-refractivity contribution in [2.24, 2.45) is 23.1 Å². The number of nitrogens with one attached hydrogen (secondary N) is 3. The molecule has 4 atom stereocenters. The van der Waals surface area contributed by atoms with E-state index in [1.165, 1.54) is 0 Å². The molecular formula is C19H36N6O6. The van der Waals surface area contributed by atoms with Gasteiger partial charge in [-0.25, -0.2) is 0 Å². The van der Waals surface area contributed by atoms with Gasteiger partial charge in [0.15, 0.2) is 0 Å². The van der Waals surface area contributed by atoms with Crippen molar-refractivity contribution in [3.63, 3.8) is 0 Å². The largest absolute Gasteiger partial charge is 0.480 e. The fourth-order valence-electron chi connectivity index (χ4n) is 2.70. The third kappa shape index (κ3) is 11.9. The first-order chi connectivity index (χ1) is 14.5. The lowest BCUT2D eigenvalue weighted by Gasteiger charge is -2.27. The highest BCUT2D eigenvalue weighted by atomic mass is 16.4. The summed E-state index contributed by atoms with van der Waals surface area (Å²) in [7, 11) is 0. The highest BCUT2D eigenvalue weighted by Crippen LogP contribution is 2.10. The SMILES string of the molecule is CCC(C)C(NC(=O)C(N)CCC(N)=O)C(=O)NC(CCCCN)C(=O)NCC(=O)O. The van der Waals surface area contributed by atoms with E-state index in [9.17, 15) is 24.0 Å². The van der Waals surface area contributed by atoms with Gasteiger partial charge in [0.25, 0.3) is 0 Å². The second kappa shape index (κ2) is 15.1. The monoisotopic (exact) mass is 444 g/mol. The zero-order valence-corrected chi connectivity index (χ0v) is 18.2. The van der Waals surface area contributed by atoms with Crippen LogP contribution in [0.1, 0.15) is 52.4 Å². The number of carboxylic acid groups (broad SMARTS) is 1. The van der Waals surface area contributed by atoms with E-state index in [0.717, 1.165) is 0 Å². The maximum Gasteiger partial charge on any atom is 0.322 e. The molecule has 0 aromatic heterocycles. The number of carbonyl (C=O) groups is 5. The van der Waals surface area contributed by atoms with Gasteiger partial charge in [-0.05, 0) is 38.1 Å². The van der Waals surface area contributed by atoms with E-state index >= 15 is 0 Å². The Morgan fingerprint density at radius 2 is 1.61 bits per heavy atom. The number of primary amides is 1. The molecule has 0 saturated heterocycles. The second-order valence-electron chi connectivity index (χ2n) is 7.44. The van der Waals surface area contributed by atoms with Crippen LogP contribution in [0.3, 0.4) is 0 Å². The first-order valence-electron chi connectivity index (χ1n) is 10.4. The van der Waals surface area contributed by atoms with Crippen LogP contribution in [0.5, 0.6) is 0 Å². The summed E-state index contributed by atoms with van der Waals surface area (Å²) in [6.07, 6.45) is 1.95. The van der Waals surface area contributed by atoms with E-state index in [0.29, 0.717) is 25.8 Å². The van der Waals surface area contributed by atoms with Crippen molar-refractivity contribution < 1.29 is 29.1 Å². The van der Waals surface area contributed by atoms with Crippen LogP contribution in [-0.2, 0) is 24.0 Å². The first kappa shape index (κ1) is 28.3. The molecule has 0 heterocycles. The summed E-state index contributed by atoms with van der Waals surface area (Å²) >= 11 is 0. The van der Waals surface area contributed by atoms with Crippen LogP contribution in [0.4, 0.5) is 0 Å². The van der Waals surface area contributed by atoms with Gasteiger partial charge in [-0.3, -0.25) is 24.0 Å². The molecule has 0 aliphatic heterocycles. The van der Waals surface area contributed by atoms with Crippen LogP contribution in [-0.4, -0.2) is 65.9 Å². The van der Waals surface area contributed by atoms with Gasteiger partial charge in [0.05, 0.1) is 6.04 Å². The number of aliphatic carboxylic acids is 1. The molecule has 0 radical (unpaired) electrons. The van der Waals surface area contributed by atoms with E-state index in [2.05, 4.69) is 16.0 Å². The number of carbonyl (C=O) groups excluding carboxylic acids is 4. The average molecular weight is 445 g/mol. The maximum atomic E-state index is 12.9. The average Bonchev–Trinajstić information content (AvgIpc) is 2.72. The standard InChI is InChI=1S/C19H36N6O6/c1-3-11(2)16(25-17(29)12(21)7-8-14(22)26)19(31)24-13(6-4-5-9-20)18(30)23-10-15(27)28/h11-13,16H,3-10,20-21H2,1-2H3,(H2,22,26)(H,23,30)(H,24,31)(H,25,29)(H,27,28). The zero-order valence-electron chi connectivity index (χ0n) is 18.2. The van der Waals surface area contributed by atoms with Crippen LogP contribution >= 0.6 is 0 Å². The van der Waals surface area contributed by atoms with Crippen molar-refractivity contribution in [1.29, 1.82) is 0 Å². The number of hydrogen-bond donors (Lipinski definition) is 7. The van der Waals surface area contributed by atoms with Crippen LogP contribution < -0.4 is 33.2 Å². The molecular weight excluding hydrogens is 408 g/mol. The molecule has 0 saturated carbocycles. The van der Waals surface area contributed by atoms with Gasteiger partial charge >= 0.3 is 5.97 Å². The summed E-state index contributed by atoms with van der Waals surface area (Å²) < 4.78 is 0. The molecule has 0 aromatic rings. The molecule has 0 bridgehead atoms. The van der Waals surface area contributed by atoms with Gasteiger partial charge in [-0.2, -0.15) is 0 Å². The molecule has 4 amide bonds. The first-order valence-corrected chi connectivity index (χ1v) is 10.4. The molecule has 0 aromatic carbocycles. The normalized spacial score (nSPS) is 14.6. The highest BCUT2D eigenvalue weighted by molar-refractivity contribution is 5.93. The maximum absolute atomic E-state index is 12.9. The van der Waals surface area contributed by atoms with E-state index in [1.54, 1.807) is 6.92 Å². The fourth-order valence-corrected chi connectivity index (χ4v) is 2.70. The van der Waals surface area contributed by atoms with Crippen molar-refractivity contribution in [3.8, 4) is 0 Å². The van der Waals surface area contributed by atoms with E-state index in [1.807, 2.05) is 6.92 Å². The molecule has 0 aliphatic rings. The van der Waals surface area contributed by atoms with Gasteiger partial charge in [0.1, 0.15) is 18.6 Å². The smallest absolute Gasteiger partial charge is 0.322 e. The zero-order chi connectivity index (χ0) is 24.0. The Kier molecular flexibility index (Phi) is 13.8. The minimum atomic E-state index is -1.21. The second-order valence-corrected chi connectivity index (χ2v) is 7.44. The number of amides is 4. The van der Waals surface area contributed by atoms with Gasteiger partial charge in [0.2, 0.25) is 23.6 Å². The lowest BCUT2D eigenvalue weighted by atomic mass is 9.96. The molecule has 12 nitrogen and oxygen atoms in total. The van der Waals surface area contributed by atoms with Crippen molar-refractivity contribution in [2.45, 2.75) is 70.5 Å². The predicted octanol–water partition coefficient (Wildman–Crippen LogP) is -2.08. The van der Waals surface area contributed by atoms with E-state index in [-0.39, 0.29) is 25.2 Å². The Labute approximate surface area is 182 Å². The van der Waals surface area contributed by atoms with Crippen molar-refractivity contribution >= 4 is 29.6 Å². The van der Waals surface area contributed by atoms with Crippen LogP contribution in [0.15, 0.2) is 0 Å².